The van der Waals surface area contributed by atoms with Crippen LogP contribution in [0.5, 0.6) is 0 Å². The average Bonchev–Trinajstić information content (AvgIpc) is 2.66. The first-order valence-corrected chi connectivity index (χ1v) is 7.61. The number of nitrogens with one attached hydrogen (secondary N) is 1. The topological polar surface area (TPSA) is 41.6 Å². The molecule has 4 nitrogen and oxygen atoms in total. The zero-order chi connectivity index (χ0) is 14.4. The molecule has 1 fully saturated rings. The molecule has 0 aliphatic carbocycles. The van der Waals surface area contributed by atoms with E-state index in [1.165, 1.54) is 0 Å². The Morgan fingerprint density at radius 3 is 2.53 bits per heavy atom. The number of nitrogens with zero attached hydrogens (tertiary/aromatic N) is 1. The van der Waals surface area contributed by atoms with Gasteiger partial charge in [0.05, 0.1) is 12.2 Å². The first-order chi connectivity index (χ1) is 8.97. The predicted molar refractivity (Wildman–Crippen MR) is 77.8 cm³/mol. The lowest BCUT2D eigenvalue weighted by Gasteiger charge is -2.27. The Labute approximate surface area is 117 Å². The molecule has 1 heterocycles. The molecule has 0 bridgehead atoms. The fourth-order valence-corrected chi connectivity index (χ4v) is 2.45. The van der Waals surface area contributed by atoms with Crippen molar-refractivity contribution in [1.82, 2.24) is 10.2 Å². The van der Waals surface area contributed by atoms with Crippen LogP contribution in [0.1, 0.15) is 47.5 Å². The lowest BCUT2D eigenvalue weighted by Crippen LogP contribution is -2.42. The summed E-state index contributed by atoms with van der Waals surface area (Å²) in [6.45, 7) is 13.0. The molecule has 1 N–H and O–H groups in total. The number of hydrogen-bond donors (Lipinski definition) is 1. The van der Waals surface area contributed by atoms with Gasteiger partial charge < -0.3 is 9.64 Å². The molecule has 0 saturated carbocycles. The van der Waals surface area contributed by atoms with Crippen molar-refractivity contribution in [2.75, 3.05) is 19.8 Å². The quantitative estimate of drug-likeness (QED) is 0.688. The highest BCUT2D eigenvalue weighted by molar-refractivity contribution is 5.84. The van der Waals surface area contributed by atoms with Crippen LogP contribution < -0.4 is 5.32 Å². The van der Waals surface area contributed by atoms with Crippen LogP contribution in [0.4, 0.5) is 0 Å². The number of rotatable bonds is 8. The maximum absolute atomic E-state index is 12.2. The van der Waals surface area contributed by atoms with Crippen LogP contribution in [-0.2, 0) is 9.53 Å². The summed E-state index contributed by atoms with van der Waals surface area (Å²) in [6.07, 6.45) is 1.96. The van der Waals surface area contributed by atoms with Gasteiger partial charge in [-0.05, 0) is 24.7 Å². The van der Waals surface area contributed by atoms with Gasteiger partial charge in [-0.15, -0.1) is 0 Å². The second kappa shape index (κ2) is 7.85. The van der Waals surface area contributed by atoms with Crippen molar-refractivity contribution >= 4 is 5.91 Å². The number of ether oxygens (including phenoxy) is 1. The van der Waals surface area contributed by atoms with E-state index in [4.69, 9.17) is 4.74 Å². The third kappa shape index (κ3) is 4.77. The molecule has 0 aromatic heterocycles. The number of hydrogen-bond acceptors (Lipinski definition) is 3. The summed E-state index contributed by atoms with van der Waals surface area (Å²) in [4.78, 5) is 14.2. The highest BCUT2D eigenvalue weighted by Crippen LogP contribution is 2.19. The smallest absolute Gasteiger partial charge is 0.241 e. The molecule has 0 spiro atoms. The number of carbonyl (C=O) groups is 1. The molecule has 4 heteroatoms. The van der Waals surface area contributed by atoms with Crippen LogP contribution in [0.3, 0.4) is 0 Å². The second-order valence-electron chi connectivity index (χ2n) is 6.17. The Kier molecular flexibility index (Phi) is 6.80. The van der Waals surface area contributed by atoms with Crippen molar-refractivity contribution < 1.29 is 9.53 Å². The third-order valence-corrected chi connectivity index (χ3v) is 3.47. The first-order valence-electron chi connectivity index (χ1n) is 7.61. The van der Waals surface area contributed by atoms with Gasteiger partial charge in [0.15, 0.2) is 0 Å². The number of amides is 1. The summed E-state index contributed by atoms with van der Waals surface area (Å²) in [6, 6.07) is 0.00369. The molecule has 112 valence electrons. The highest BCUT2D eigenvalue weighted by Gasteiger charge is 2.38. The van der Waals surface area contributed by atoms with E-state index in [0.717, 1.165) is 32.6 Å². The summed E-state index contributed by atoms with van der Waals surface area (Å²) in [5.41, 5.74) is 0. The molecule has 0 radical (unpaired) electrons. The molecular weight excluding hydrogens is 240 g/mol. The average molecular weight is 270 g/mol. The summed E-state index contributed by atoms with van der Waals surface area (Å²) in [7, 11) is 0. The van der Waals surface area contributed by atoms with Gasteiger partial charge in [0.1, 0.15) is 0 Å². The minimum atomic E-state index is 0.00369. The summed E-state index contributed by atoms with van der Waals surface area (Å²) in [5.74, 6) is 1.27. The maximum Gasteiger partial charge on any atom is 0.241 e. The Morgan fingerprint density at radius 2 is 2.00 bits per heavy atom. The van der Waals surface area contributed by atoms with Crippen molar-refractivity contribution in [3.63, 3.8) is 0 Å². The van der Waals surface area contributed by atoms with E-state index in [2.05, 4.69) is 39.9 Å². The zero-order valence-electron chi connectivity index (χ0n) is 13.1. The molecule has 1 saturated heterocycles. The van der Waals surface area contributed by atoms with E-state index >= 15 is 0 Å². The van der Waals surface area contributed by atoms with Gasteiger partial charge in [-0.2, -0.15) is 0 Å². The predicted octanol–water partition coefficient (Wildman–Crippen LogP) is 2.24. The molecule has 1 aliphatic rings. The fraction of sp³-hybridized carbons (Fsp3) is 0.933. The van der Waals surface area contributed by atoms with Crippen molar-refractivity contribution in [3.8, 4) is 0 Å². The molecule has 1 aliphatic heterocycles. The SMILES string of the molecule is CCC1NC(C(C)C)N(CCCOCC(C)C)C1=O. The normalized spacial score (nSPS) is 23.9. The van der Waals surface area contributed by atoms with Crippen LogP contribution in [0.2, 0.25) is 0 Å². The molecule has 19 heavy (non-hydrogen) atoms. The van der Waals surface area contributed by atoms with Crippen LogP contribution in [-0.4, -0.2) is 42.8 Å². The number of carbonyl (C=O) groups excluding carboxylic acids is 1. The van der Waals surface area contributed by atoms with Gasteiger partial charge in [0.2, 0.25) is 5.91 Å². The van der Waals surface area contributed by atoms with E-state index < -0.39 is 0 Å². The van der Waals surface area contributed by atoms with Crippen LogP contribution in [0.15, 0.2) is 0 Å². The fourth-order valence-electron chi connectivity index (χ4n) is 2.45. The summed E-state index contributed by atoms with van der Waals surface area (Å²) < 4.78 is 5.58. The zero-order valence-corrected chi connectivity index (χ0v) is 13.1. The standard InChI is InChI=1S/C15H30N2O2/c1-6-13-15(18)17(14(16-13)12(4)5)8-7-9-19-10-11(2)3/h11-14,16H,6-10H2,1-5H3. The summed E-state index contributed by atoms with van der Waals surface area (Å²) >= 11 is 0. The van der Waals surface area contributed by atoms with Crippen molar-refractivity contribution in [2.24, 2.45) is 11.8 Å². The molecule has 0 aromatic rings. The lowest BCUT2D eigenvalue weighted by molar-refractivity contribution is -0.130. The van der Waals surface area contributed by atoms with E-state index in [1.54, 1.807) is 0 Å². The van der Waals surface area contributed by atoms with Gasteiger partial charge in [-0.25, -0.2) is 0 Å². The van der Waals surface area contributed by atoms with E-state index in [1.807, 2.05) is 4.90 Å². The summed E-state index contributed by atoms with van der Waals surface area (Å²) in [5, 5.41) is 3.43. The van der Waals surface area contributed by atoms with Crippen LogP contribution in [0, 0.1) is 11.8 Å². The van der Waals surface area contributed by atoms with Crippen molar-refractivity contribution in [2.45, 2.75) is 59.7 Å². The monoisotopic (exact) mass is 270 g/mol. The Hall–Kier alpha value is -0.610. The van der Waals surface area contributed by atoms with E-state index in [-0.39, 0.29) is 18.1 Å². The first kappa shape index (κ1) is 16.4. The Bertz CT molecular complexity index is 279. The van der Waals surface area contributed by atoms with Crippen molar-refractivity contribution in [3.05, 3.63) is 0 Å². The minimum Gasteiger partial charge on any atom is -0.381 e. The van der Waals surface area contributed by atoms with E-state index in [9.17, 15) is 4.79 Å². The molecule has 1 rings (SSSR count). The van der Waals surface area contributed by atoms with Crippen LogP contribution >= 0.6 is 0 Å². The lowest BCUT2D eigenvalue weighted by atomic mass is 10.1. The largest absolute Gasteiger partial charge is 0.381 e. The van der Waals surface area contributed by atoms with Gasteiger partial charge in [-0.1, -0.05) is 34.6 Å². The molecular formula is C15H30N2O2. The Morgan fingerprint density at radius 1 is 1.32 bits per heavy atom. The second-order valence-corrected chi connectivity index (χ2v) is 6.17. The van der Waals surface area contributed by atoms with Gasteiger partial charge in [-0.3, -0.25) is 10.1 Å². The minimum absolute atomic E-state index is 0.00369. The van der Waals surface area contributed by atoms with Gasteiger partial charge in [0, 0.05) is 19.8 Å². The van der Waals surface area contributed by atoms with Crippen molar-refractivity contribution in [1.29, 1.82) is 0 Å². The molecule has 2 atom stereocenters. The van der Waals surface area contributed by atoms with Gasteiger partial charge in [0.25, 0.3) is 0 Å². The highest BCUT2D eigenvalue weighted by atomic mass is 16.5. The third-order valence-electron chi connectivity index (χ3n) is 3.47. The maximum atomic E-state index is 12.2. The molecule has 2 unspecified atom stereocenters. The Balaban J connectivity index is 2.38. The van der Waals surface area contributed by atoms with Crippen LogP contribution in [0.25, 0.3) is 0 Å². The molecule has 1 amide bonds. The van der Waals surface area contributed by atoms with E-state index in [0.29, 0.717) is 11.8 Å². The molecule has 0 aromatic carbocycles. The van der Waals surface area contributed by atoms with Gasteiger partial charge >= 0.3 is 0 Å².